The number of methoxy groups -OCH3 is 1. The Morgan fingerprint density at radius 3 is 2.09 bits per heavy atom. The number of ether oxygens (including phenoxy) is 6. The molecule has 2 rings (SSSR count). The van der Waals surface area contributed by atoms with Gasteiger partial charge in [-0.25, -0.2) is 19.4 Å². The number of carboxylic acid groups (broad SMARTS) is 1. The van der Waals surface area contributed by atoms with Crippen LogP contribution in [-0.2, 0) is 38.0 Å². The topological polar surface area (TPSA) is 213 Å². The van der Waals surface area contributed by atoms with Gasteiger partial charge in [-0.15, -0.1) is 0 Å². The molecule has 0 aromatic heterocycles. The summed E-state index contributed by atoms with van der Waals surface area (Å²) >= 11 is 0. The van der Waals surface area contributed by atoms with Crippen LogP contribution in [0.2, 0.25) is 0 Å². The first-order valence-electron chi connectivity index (χ1n) is 15.8. The van der Waals surface area contributed by atoms with Gasteiger partial charge >= 0.3 is 18.2 Å². The van der Waals surface area contributed by atoms with Gasteiger partial charge in [0.2, 0.25) is 17.6 Å². The largest absolute Gasteiger partial charge is 0.478 e. The van der Waals surface area contributed by atoms with Crippen LogP contribution in [0.25, 0.3) is 0 Å². The molecule has 47 heavy (non-hydrogen) atoms. The molecule has 0 aliphatic carbocycles. The molecule has 0 spiro atoms. The van der Waals surface area contributed by atoms with Gasteiger partial charge in [-0.05, 0) is 54.0 Å². The predicted molar refractivity (Wildman–Crippen MR) is 168 cm³/mol. The lowest BCUT2D eigenvalue weighted by atomic mass is 9.92. The third-order valence-electron chi connectivity index (χ3n) is 6.77. The van der Waals surface area contributed by atoms with Gasteiger partial charge in [-0.2, -0.15) is 0 Å². The number of carbonyl (C=O) groups excluding carboxylic acids is 3. The average Bonchev–Trinajstić information content (AvgIpc) is 3.29. The lowest BCUT2D eigenvalue weighted by Gasteiger charge is -2.40. The molecule has 3 amide bonds. The number of rotatable bonds is 12. The van der Waals surface area contributed by atoms with E-state index in [1.54, 1.807) is 41.5 Å². The summed E-state index contributed by atoms with van der Waals surface area (Å²) in [5.41, 5.74) is -1.82. The first kappa shape index (κ1) is 39.7. The van der Waals surface area contributed by atoms with Gasteiger partial charge in [-0.1, -0.05) is 32.6 Å². The number of nitrogens with zero attached hydrogens (tertiary/aromatic N) is 1. The number of aliphatic carboxylic acids is 1. The summed E-state index contributed by atoms with van der Waals surface area (Å²) in [5.74, 6) is -4.88. The minimum absolute atomic E-state index is 0.123. The van der Waals surface area contributed by atoms with Gasteiger partial charge in [0.05, 0.1) is 18.7 Å². The number of hydrogen-bond acceptors (Lipinski definition) is 12. The van der Waals surface area contributed by atoms with Gasteiger partial charge in [0, 0.05) is 20.5 Å². The highest BCUT2D eigenvalue weighted by molar-refractivity contribution is 6.01. The van der Waals surface area contributed by atoms with Crippen LogP contribution in [0.4, 0.5) is 9.59 Å². The number of carboxylic acids is 1. The van der Waals surface area contributed by atoms with Gasteiger partial charge in [0.15, 0.2) is 6.10 Å². The van der Waals surface area contributed by atoms with Gasteiger partial charge in [0.1, 0.15) is 23.4 Å². The molecule has 0 aromatic rings. The number of guanidine groups is 1. The highest BCUT2D eigenvalue weighted by atomic mass is 16.9. The van der Waals surface area contributed by atoms with Crippen molar-refractivity contribution in [2.45, 2.75) is 141 Å². The highest BCUT2D eigenvalue weighted by Gasteiger charge is 2.50. The van der Waals surface area contributed by atoms with Crippen molar-refractivity contribution in [3.05, 3.63) is 11.8 Å². The summed E-state index contributed by atoms with van der Waals surface area (Å²) in [5, 5.41) is 28.3. The monoisotopic (exact) mass is 672 g/mol. The molecule has 268 valence electrons. The Balaban J connectivity index is 2.48. The van der Waals surface area contributed by atoms with E-state index >= 15 is 0 Å². The van der Waals surface area contributed by atoms with Crippen molar-refractivity contribution >= 4 is 30.0 Å². The predicted octanol–water partition coefficient (Wildman–Crippen LogP) is 3.07. The van der Waals surface area contributed by atoms with E-state index in [0.717, 1.165) is 31.8 Å². The quantitative estimate of drug-likeness (QED) is 0.115. The Kier molecular flexibility index (Phi) is 14.4. The Morgan fingerprint density at radius 1 is 1.02 bits per heavy atom. The minimum Gasteiger partial charge on any atom is -0.478 e. The van der Waals surface area contributed by atoms with E-state index < -0.39 is 83.4 Å². The highest BCUT2D eigenvalue weighted by Crippen LogP contribution is 2.33. The molecule has 2 heterocycles. The summed E-state index contributed by atoms with van der Waals surface area (Å²) < 4.78 is 33.7. The Bertz CT molecular complexity index is 1130. The summed E-state index contributed by atoms with van der Waals surface area (Å²) in [6, 6.07) is -2.40. The summed E-state index contributed by atoms with van der Waals surface area (Å²) in [6.07, 6.45) is 0.723. The number of aliphatic imine (C=N–C) groups is 1. The second kappa shape index (κ2) is 17.1. The van der Waals surface area contributed by atoms with Gasteiger partial charge in [-0.3, -0.25) is 15.4 Å². The Hall–Kier alpha value is -3.47. The SMILES string of the molecule is CCCCCCCC1(O)OC[C@H]([C@@H](OC)[C@@H]2OC(C(=O)O)=C[C@H](N=C(NC(=O)OC(C)(C)C)NC(=O)OC(C)(C)C)[C@H]2NC(C)=O)O1. The third kappa shape index (κ3) is 13.7. The molecule has 2 aliphatic rings. The summed E-state index contributed by atoms with van der Waals surface area (Å²) in [7, 11) is 1.33. The first-order chi connectivity index (χ1) is 21.8. The molecular weight excluding hydrogens is 620 g/mol. The number of amides is 3. The standard InChI is InChI=1S/C31H52N4O12/c1-10-11-12-13-14-15-31(41)43-17-21(45-31)23(42-9)24-22(32-18(2)36)19(16-20(44-24)25(37)38)33-26(34-27(39)46-29(3,4)5)35-28(40)47-30(6,7)8/h16,19,21-24,41H,10-15,17H2,1-9H3,(H,32,36)(H,37,38)(H2,33,34,35,39,40)/t19-,21+,22+,23+,24+,31?/m0/s1. The summed E-state index contributed by atoms with van der Waals surface area (Å²) in [6.45, 7) is 13.0. The number of aliphatic hydroxyl groups is 1. The fourth-order valence-corrected chi connectivity index (χ4v) is 4.93. The van der Waals surface area contributed by atoms with E-state index in [-0.39, 0.29) is 13.0 Å². The van der Waals surface area contributed by atoms with Crippen molar-refractivity contribution in [3.8, 4) is 0 Å². The molecule has 0 radical (unpaired) electrons. The van der Waals surface area contributed by atoms with E-state index in [0.29, 0.717) is 6.42 Å². The smallest absolute Gasteiger partial charge is 0.414 e. The minimum atomic E-state index is -1.89. The molecule has 0 bridgehead atoms. The molecule has 16 nitrogen and oxygen atoms in total. The normalized spacial score (nSPS) is 25.0. The van der Waals surface area contributed by atoms with Crippen LogP contribution in [0.5, 0.6) is 0 Å². The van der Waals surface area contributed by atoms with Crippen LogP contribution < -0.4 is 16.0 Å². The molecule has 1 saturated heterocycles. The third-order valence-corrected chi connectivity index (χ3v) is 6.77. The van der Waals surface area contributed by atoms with Crippen LogP contribution in [0.1, 0.15) is 93.9 Å². The zero-order valence-electron chi connectivity index (χ0n) is 28.8. The van der Waals surface area contributed by atoms with Gasteiger partial charge < -0.3 is 44.0 Å². The fraction of sp³-hybridized carbons (Fsp3) is 0.774. The van der Waals surface area contributed by atoms with Crippen molar-refractivity contribution in [3.63, 3.8) is 0 Å². The van der Waals surface area contributed by atoms with E-state index in [1.165, 1.54) is 14.0 Å². The number of unbranched alkanes of at least 4 members (excludes halogenated alkanes) is 4. The molecule has 0 saturated carbocycles. The molecule has 16 heteroatoms. The molecule has 1 unspecified atom stereocenters. The van der Waals surface area contributed by atoms with E-state index in [4.69, 9.17) is 28.4 Å². The van der Waals surface area contributed by atoms with E-state index in [9.17, 15) is 29.4 Å². The molecular formula is C31H52N4O12. The number of carbonyl (C=O) groups is 4. The van der Waals surface area contributed by atoms with Crippen LogP contribution in [-0.4, -0.2) is 102 Å². The second-order valence-corrected chi connectivity index (χ2v) is 13.4. The maximum Gasteiger partial charge on any atom is 0.414 e. The Labute approximate surface area is 275 Å². The first-order valence-corrected chi connectivity index (χ1v) is 15.8. The molecule has 2 aliphatic heterocycles. The maximum atomic E-state index is 12.7. The molecule has 6 atom stereocenters. The van der Waals surface area contributed by atoms with Gasteiger partial charge in [0.25, 0.3) is 5.97 Å². The average molecular weight is 673 g/mol. The van der Waals surface area contributed by atoms with Crippen molar-refractivity contribution in [2.75, 3.05) is 13.7 Å². The van der Waals surface area contributed by atoms with Crippen molar-refractivity contribution in [2.24, 2.45) is 4.99 Å². The van der Waals surface area contributed by atoms with Crippen LogP contribution in [0.3, 0.4) is 0 Å². The zero-order chi connectivity index (χ0) is 35.6. The van der Waals surface area contributed by atoms with Crippen molar-refractivity contribution in [1.82, 2.24) is 16.0 Å². The van der Waals surface area contributed by atoms with Crippen molar-refractivity contribution in [1.29, 1.82) is 0 Å². The zero-order valence-corrected chi connectivity index (χ0v) is 28.8. The lowest BCUT2D eigenvalue weighted by Crippen LogP contribution is -2.60. The van der Waals surface area contributed by atoms with Crippen LogP contribution >= 0.6 is 0 Å². The summed E-state index contributed by atoms with van der Waals surface area (Å²) in [4.78, 5) is 54.5. The number of nitrogens with one attached hydrogen (secondary N) is 3. The van der Waals surface area contributed by atoms with Crippen molar-refractivity contribution < 1.29 is 57.8 Å². The van der Waals surface area contributed by atoms with E-state index in [1.807, 2.05) is 0 Å². The molecule has 5 N–H and O–H groups in total. The van der Waals surface area contributed by atoms with Crippen LogP contribution in [0, 0.1) is 0 Å². The lowest BCUT2D eigenvalue weighted by molar-refractivity contribution is -0.321. The fourth-order valence-electron chi connectivity index (χ4n) is 4.93. The van der Waals surface area contributed by atoms with E-state index in [2.05, 4.69) is 27.9 Å². The second-order valence-electron chi connectivity index (χ2n) is 13.4. The molecule has 0 aromatic carbocycles. The maximum absolute atomic E-state index is 12.7. The van der Waals surface area contributed by atoms with Crippen LogP contribution in [0.15, 0.2) is 16.8 Å². The number of hydrogen-bond donors (Lipinski definition) is 5. The molecule has 1 fully saturated rings. The number of alkyl carbamates (subject to hydrolysis) is 2. The Morgan fingerprint density at radius 2 is 1.60 bits per heavy atom.